The Morgan fingerprint density at radius 1 is 1.10 bits per heavy atom. The zero-order valence-corrected chi connectivity index (χ0v) is 10.8. The third-order valence-electron chi connectivity index (χ3n) is 4.03. The molecule has 2 aliphatic heterocycles. The van der Waals surface area contributed by atoms with Gasteiger partial charge in [0.1, 0.15) is 23.0 Å². The predicted octanol–water partition coefficient (Wildman–Crippen LogP) is 2.07. The SMILES string of the molecule is O=C(c1c(F)cc(F)cc1F)N1CCC2CCC(C1)N2. The molecule has 1 N–H and O–H groups in total. The molecule has 108 valence electrons. The lowest BCUT2D eigenvalue weighted by molar-refractivity contribution is 0.0738. The molecule has 20 heavy (non-hydrogen) atoms. The van der Waals surface area contributed by atoms with Gasteiger partial charge in [-0.05, 0) is 19.3 Å². The van der Waals surface area contributed by atoms with Crippen LogP contribution in [0, 0.1) is 17.5 Å². The average molecular weight is 284 g/mol. The Bertz CT molecular complexity index is 526. The number of carbonyl (C=O) groups is 1. The monoisotopic (exact) mass is 284 g/mol. The third-order valence-corrected chi connectivity index (χ3v) is 4.03. The molecule has 2 saturated heterocycles. The quantitative estimate of drug-likeness (QED) is 0.856. The van der Waals surface area contributed by atoms with Gasteiger partial charge >= 0.3 is 0 Å². The Labute approximate surface area is 114 Å². The van der Waals surface area contributed by atoms with Crippen molar-refractivity contribution in [2.45, 2.75) is 31.3 Å². The van der Waals surface area contributed by atoms with Crippen LogP contribution in [0.25, 0.3) is 0 Å². The second kappa shape index (κ2) is 5.09. The number of carbonyl (C=O) groups excluding carboxylic acids is 1. The lowest BCUT2D eigenvalue weighted by Crippen LogP contribution is -2.39. The molecule has 0 saturated carbocycles. The van der Waals surface area contributed by atoms with Crippen molar-refractivity contribution in [3.63, 3.8) is 0 Å². The molecule has 1 aromatic rings. The first-order valence-electron chi connectivity index (χ1n) is 6.74. The highest BCUT2D eigenvalue weighted by molar-refractivity contribution is 5.94. The Morgan fingerprint density at radius 3 is 2.45 bits per heavy atom. The number of hydrogen-bond acceptors (Lipinski definition) is 2. The fourth-order valence-corrected chi connectivity index (χ4v) is 3.03. The topological polar surface area (TPSA) is 32.3 Å². The third kappa shape index (κ3) is 2.40. The highest BCUT2D eigenvalue weighted by atomic mass is 19.1. The van der Waals surface area contributed by atoms with Crippen LogP contribution in [0.5, 0.6) is 0 Å². The fourth-order valence-electron chi connectivity index (χ4n) is 3.03. The second-order valence-electron chi connectivity index (χ2n) is 5.42. The number of nitrogens with one attached hydrogen (secondary N) is 1. The van der Waals surface area contributed by atoms with Gasteiger partial charge < -0.3 is 10.2 Å². The van der Waals surface area contributed by atoms with E-state index in [4.69, 9.17) is 0 Å². The first kappa shape index (κ1) is 13.4. The number of rotatable bonds is 1. The molecule has 1 amide bonds. The van der Waals surface area contributed by atoms with E-state index in [0.29, 0.717) is 31.3 Å². The van der Waals surface area contributed by atoms with Crippen molar-refractivity contribution in [1.29, 1.82) is 0 Å². The zero-order valence-electron chi connectivity index (χ0n) is 10.8. The van der Waals surface area contributed by atoms with Gasteiger partial charge in [-0.15, -0.1) is 0 Å². The van der Waals surface area contributed by atoms with Crippen LogP contribution in [0.4, 0.5) is 13.2 Å². The van der Waals surface area contributed by atoms with Gasteiger partial charge in [0.25, 0.3) is 5.91 Å². The summed E-state index contributed by atoms with van der Waals surface area (Å²) in [7, 11) is 0. The minimum atomic E-state index is -1.14. The normalized spacial score (nSPS) is 25.6. The molecule has 1 aromatic carbocycles. The van der Waals surface area contributed by atoms with Gasteiger partial charge in [0.05, 0.1) is 0 Å². The van der Waals surface area contributed by atoms with Crippen molar-refractivity contribution in [2.24, 2.45) is 0 Å². The highest BCUT2D eigenvalue weighted by Crippen LogP contribution is 2.23. The summed E-state index contributed by atoms with van der Waals surface area (Å²) in [6, 6.07) is 1.63. The number of nitrogens with zero attached hydrogens (tertiary/aromatic N) is 1. The summed E-state index contributed by atoms with van der Waals surface area (Å²) in [5.74, 6) is -4.01. The molecule has 3 rings (SSSR count). The van der Waals surface area contributed by atoms with Crippen LogP contribution in [0.3, 0.4) is 0 Å². The second-order valence-corrected chi connectivity index (χ2v) is 5.42. The predicted molar refractivity (Wildman–Crippen MR) is 66.8 cm³/mol. The van der Waals surface area contributed by atoms with Crippen molar-refractivity contribution in [3.05, 3.63) is 35.1 Å². The summed E-state index contributed by atoms with van der Waals surface area (Å²) in [6.45, 7) is 0.898. The van der Waals surface area contributed by atoms with Gasteiger partial charge in [-0.3, -0.25) is 4.79 Å². The van der Waals surface area contributed by atoms with Gasteiger partial charge in [0.2, 0.25) is 0 Å². The van der Waals surface area contributed by atoms with Crippen molar-refractivity contribution in [1.82, 2.24) is 10.2 Å². The molecule has 2 fully saturated rings. The van der Waals surface area contributed by atoms with Crippen LogP contribution in [0.1, 0.15) is 29.6 Å². The number of likely N-dealkylation sites (tertiary alicyclic amines) is 1. The first-order valence-corrected chi connectivity index (χ1v) is 6.74. The number of benzene rings is 1. The molecule has 6 heteroatoms. The molecular weight excluding hydrogens is 269 g/mol. The largest absolute Gasteiger partial charge is 0.337 e. The maximum atomic E-state index is 13.7. The van der Waals surface area contributed by atoms with E-state index in [1.807, 2.05) is 0 Å². The first-order chi connectivity index (χ1) is 9.54. The van der Waals surface area contributed by atoms with E-state index >= 15 is 0 Å². The standard InChI is InChI=1S/C14H15F3N2O/c15-8-5-11(16)13(12(17)6-8)14(20)19-4-3-9-1-2-10(7-19)18-9/h5-6,9-10,18H,1-4,7H2. The van der Waals surface area contributed by atoms with Gasteiger partial charge in [-0.2, -0.15) is 0 Å². The van der Waals surface area contributed by atoms with Crippen LogP contribution < -0.4 is 5.32 Å². The van der Waals surface area contributed by atoms with E-state index in [9.17, 15) is 18.0 Å². The number of hydrogen-bond donors (Lipinski definition) is 1. The molecule has 2 bridgehead atoms. The molecule has 2 unspecified atom stereocenters. The number of amides is 1. The Morgan fingerprint density at radius 2 is 1.75 bits per heavy atom. The zero-order chi connectivity index (χ0) is 14.3. The Kier molecular flexibility index (Phi) is 3.41. The molecule has 0 aromatic heterocycles. The van der Waals surface area contributed by atoms with E-state index in [1.54, 1.807) is 0 Å². The van der Waals surface area contributed by atoms with Crippen molar-refractivity contribution >= 4 is 5.91 Å². The van der Waals surface area contributed by atoms with Crippen LogP contribution in [0.15, 0.2) is 12.1 Å². The molecule has 2 heterocycles. The van der Waals surface area contributed by atoms with Crippen molar-refractivity contribution in [2.75, 3.05) is 13.1 Å². The lowest BCUT2D eigenvalue weighted by atomic mass is 10.1. The van der Waals surface area contributed by atoms with Gasteiger partial charge in [-0.1, -0.05) is 0 Å². The van der Waals surface area contributed by atoms with E-state index in [-0.39, 0.29) is 6.04 Å². The van der Waals surface area contributed by atoms with E-state index in [2.05, 4.69) is 5.32 Å². The highest BCUT2D eigenvalue weighted by Gasteiger charge is 2.33. The minimum Gasteiger partial charge on any atom is -0.337 e. The smallest absolute Gasteiger partial charge is 0.259 e. The summed E-state index contributed by atoms with van der Waals surface area (Å²) in [5, 5.41) is 3.39. The lowest BCUT2D eigenvalue weighted by Gasteiger charge is -2.24. The molecule has 3 nitrogen and oxygen atoms in total. The van der Waals surface area contributed by atoms with Gasteiger partial charge in [0.15, 0.2) is 0 Å². The van der Waals surface area contributed by atoms with Crippen LogP contribution in [-0.2, 0) is 0 Å². The summed E-state index contributed by atoms with van der Waals surface area (Å²) in [5.41, 5.74) is -0.663. The van der Waals surface area contributed by atoms with Crippen LogP contribution >= 0.6 is 0 Å². The van der Waals surface area contributed by atoms with E-state index in [1.165, 1.54) is 4.90 Å². The summed E-state index contributed by atoms with van der Waals surface area (Å²) in [6.07, 6.45) is 2.81. The maximum Gasteiger partial charge on any atom is 0.259 e. The molecule has 2 atom stereocenters. The molecule has 0 spiro atoms. The molecule has 2 aliphatic rings. The van der Waals surface area contributed by atoms with E-state index < -0.39 is 28.9 Å². The average Bonchev–Trinajstić information content (AvgIpc) is 2.67. The van der Waals surface area contributed by atoms with Crippen molar-refractivity contribution < 1.29 is 18.0 Å². The molecule has 0 aliphatic carbocycles. The van der Waals surface area contributed by atoms with Crippen molar-refractivity contribution in [3.8, 4) is 0 Å². The van der Waals surface area contributed by atoms with Crippen LogP contribution in [0.2, 0.25) is 0 Å². The van der Waals surface area contributed by atoms with Gasteiger partial charge in [-0.25, -0.2) is 13.2 Å². The van der Waals surface area contributed by atoms with Gasteiger partial charge in [0, 0.05) is 37.3 Å². The number of fused-ring (bicyclic) bond motifs is 2. The van der Waals surface area contributed by atoms with E-state index in [0.717, 1.165) is 19.3 Å². The maximum absolute atomic E-state index is 13.7. The minimum absolute atomic E-state index is 0.179. The number of halogens is 3. The summed E-state index contributed by atoms with van der Waals surface area (Å²) in [4.78, 5) is 13.7. The fraction of sp³-hybridized carbons (Fsp3) is 0.500. The molecule has 0 radical (unpaired) electrons. The Hall–Kier alpha value is -1.56. The summed E-state index contributed by atoms with van der Waals surface area (Å²) >= 11 is 0. The van der Waals surface area contributed by atoms with Crippen LogP contribution in [-0.4, -0.2) is 36.0 Å². The molecular formula is C14H15F3N2O. The Balaban J connectivity index is 1.85. The summed E-state index contributed by atoms with van der Waals surface area (Å²) < 4.78 is 40.2.